The lowest BCUT2D eigenvalue weighted by atomic mass is 10.2. The van der Waals surface area contributed by atoms with E-state index in [0.29, 0.717) is 5.69 Å². The van der Waals surface area contributed by atoms with Crippen LogP contribution in [0.15, 0.2) is 58.8 Å². The normalized spacial score (nSPS) is 11.4. The number of carbonyl (C=O) groups is 1. The second-order valence-corrected chi connectivity index (χ2v) is 9.26. The molecule has 152 valence electrons. The Morgan fingerprint density at radius 1 is 1.03 bits per heavy atom. The average Bonchev–Trinajstić information content (AvgIpc) is 3.16. The van der Waals surface area contributed by atoms with Crippen molar-refractivity contribution in [3.8, 4) is 10.6 Å². The zero-order valence-corrected chi connectivity index (χ0v) is 17.8. The van der Waals surface area contributed by atoms with Crippen LogP contribution in [-0.4, -0.2) is 25.9 Å². The van der Waals surface area contributed by atoms with Crippen LogP contribution < -0.4 is 4.72 Å². The highest BCUT2D eigenvalue weighted by Crippen LogP contribution is 2.24. The van der Waals surface area contributed by atoms with Crippen LogP contribution in [0.5, 0.6) is 0 Å². The molecule has 0 amide bonds. The van der Waals surface area contributed by atoms with E-state index in [9.17, 15) is 13.2 Å². The minimum absolute atomic E-state index is 0.0271. The third-order valence-corrected chi connectivity index (χ3v) is 6.60. The molecule has 0 radical (unpaired) electrons. The van der Waals surface area contributed by atoms with Crippen LogP contribution in [0.2, 0.25) is 0 Å². The predicted octanol–water partition coefficient (Wildman–Crippen LogP) is 3.84. The number of aryl methyl sites for hydroxylation is 2. The number of esters is 1. The number of hydrogen-bond donors (Lipinski definition) is 1. The molecule has 3 rings (SSSR count). The molecule has 0 atom stereocenters. The van der Waals surface area contributed by atoms with Crippen LogP contribution in [0.1, 0.15) is 23.2 Å². The van der Waals surface area contributed by atoms with E-state index in [0.717, 1.165) is 16.1 Å². The van der Waals surface area contributed by atoms with Crippen molar-refractivity contribution >= 4 is 27.3 Å². The minimum atomic E-state index is -3.64. The highest BCUT2D eigenvalue weighted by atomic mass is 32.2. The first-order valence-corrected chi connectivity index (χ1v) is 11.4. The summed E-state index contributed by atoms with van der Waals surface area (Å²) in [5, 5.41) is 2.71. The first kappa shape index (κ1) is 21.2. The van der Waals surface area contributed by atoms with Gasteiger partial charge in [-0.3, -0.25) is 4.79 Å². The van der Waals surface area contributed by atoms with Gasteiger partial charge in [0.1, 0.15) is 11.6 Å². The van der Waals surface area contributed by atoms with Crippen molar-refractivity contribution in [2.24, 2.45) is 0 Å². The maximum Gasteiger partial charge on any atom is 0.307 e. The van der Waals surface area contributed by atoms with Crippen LogP contribution in [0.4, 0.5) is 0 Å². The second kappa shape index (κ2) is 9.30. The molecule has 1 heterocycles. The van der Waals surface area contributed by atoms with Crippen molar-refractivity contribution < 1.29 is 17.9 Å². The monoisotopic (exact) mass is 430 g/mol. The fraction of sp³-hybridized carbons (Fsp3) is 0.238. The van der Waals surface area contributed by atoms with Crippen LogP contribution in [-0.2, 0) is 26.2 Å². The maximum atomic E-state index is 12.2. The SMILES string of the molecule is Cc1ccc(-c2nc(COC(=O)CCNS(=O)(=O)c3ccc(C)cc3)cs2)cc1. The van der Waals surface area contributed by atoms with Crippen molar-refractivity contribution in [2.45, 2.75) is 31.8 Å². The number of thiazole rings is 1. The summed E-state index contributed by atoms with van der Waals surface area (Å²) < 4.78 is 32.0. The van der Waals surface area contributed by atoms with Gasteiger partial charge in [-0.05, 0) is 26.0 Å². The Balaban J connectivity index is 1.45. The molecule has 1 aromatic heterocycles. The van der Waals surface area contributed by atoms with E-state index in [1.807, 2.05) is 43.5 Å². The van der Waals surface area contributed by atoms with Crippen molar-refractivity contribution in [1.82, 2.24) is 9.71 Å². The third kappa shape index (κ3) is 5.96. The number of nitrogens with one attached hydrogen (secondary N) is 1. The van der Waals surface area contributed by atoms with E-state index in [4.69, 9.17) is 4.74 Å². The summed E-state index contributed by atoms with van der Waals surface area (Å²) in [6.07, 6.45) is -0.0555. The van der Waals surface area contributed by atoms with Crippen molar-refractivity contribution in [3.63, 3.8) is 0 Å². The molecule has 0 saturated carbocycles. The number of sulfonamides is 1. The Morgan fingerprint density at radius 3 is 2.31 bits per heavy atom. The zero-order valence-electron chi connectivity index (χ0n) is 16.2. The topological polar surface area (TPSA) is 85.4 Å². The number of nitrogens with zero attached hydrogens (tertiary/aromatic N) is 1. The molecular formula is C21H22N2O4S2. The molecule has 0 saturated heterocycles. The Hall–Kier alpha value is -2.55. The van der Waals surface area contributed by atoms with E-state index in [1.165, 1.54) is 29.0 Å². The summed E-state index contributed by atoms with van der Waals surface area (Å²) in [5.74, 6) is -0.485. The van der Waals surface area contributed by atoms with Crippen LogP contribution in [0, 0.1) is 13.8 Å². The lowest BCUT2D eigenvalue weighted by molar-refractivity contribution is -0.144. The molecule has 0 aliphatic rings. The first-order valence-electron chi connectivity index (χ1n) is 9.07. The molecule has 29 heavy (non-hydrogen) atoms. The fourth-order valence-corrected chi connectivity index (χ4v) is 4.36. The largest absolute Gasteiger partial charge is 0.459 e. The van der Waals surface area contributed by atoms with Gasteiger partial charge in [0.2, 0.25) is 10.0 Å². The molecule has 3 aromatic rings. The van der Waals surface area contributed by atoms with Gasteiger partial charge in [0, 0.05) is 17.5 Å². The smallest absolute Gasteiger partial charge is 0.307 e. The molecule has 6 nitrogen and oxygen atoms in total. The van der Waals surface area contributed by atoms with Gasteiger partial charge in [-0.15, -0.1) is 11.3 Å². The van der Waals surface area contributed by atoms with E-state index < -0.39 is 16.0 Å². The van der Waals surface area contributed by atoms with Crippen LogP contribution in [0.3, 0.4) is 0 Å². The lowest BCUT2D eigenvalue weighted by Crippen LogP contribution is -2.26. The summed E-state index contributed by atoms with van der Waals surface area (Å²) in [5.41, 5.74) is 3.83. The third-order valence-electron chi connectivity index (χ3n) is 4.18. The summed E-state index contributed by atoms with van der Waals surface area (Å²) in [7, 11) is -3.64. The van der Waals surface area contributed by atoms with E-state index in [-0.39, 0.29) is 24.5 Å². The quantitative estimate of drug-likeness (QED) is 0.549. The highest BCUT2D eigenvalue weighted by molar-refractivity contribution is 7.89. The molecule has 0 fully saturated rings. The van der Waals surface area contributed by atoms with Crippen molar-refractivity contribution in [2.75, 3.05) is 6.54 Å². The maximum absolute atomic E-state index is 12.2. The van der Waals surface area contributed by atoms with Gasteiger partial charge >= 0.3 is 5.97 Å². The summed E-state index contributed by atoms with van der Waals surface area (Å²) in [6.45, 7) is 3.94. The fourth-order valence-electron chi connectivity index (χ4n) is 2.52. The molecular weight excluding hydrogens is 408 g/mol. The predicted molar refractivity (Wildman–Crippen MR) is 113 cm³/mol. The van der Waals surface area contributed by atoms with Crippen LogP contribution >= 0.6 is 11.3 Å². The summed E-state index contributed by atoms with van der Waals surface area (Å²) in [4.78, 5) is 16.6. The van der Waals surface area contributed by atoms with Gasteiger partial charge in [-0.2, -0.15) is 0 Å². The molecule has 0 bridgehead atoms. The Morgan fingerprint density at radius 2 is 1.66 bits per heavy atom. The number of aromatic nitrogens is 1. The van der Waals surface area contributed by atoms with Gasteiger partial charge in [-0.1, -0.05) is 47.5 Å². The van der Waals surface area contributed by atoms with Gasteiger partial charge < -0.3 is 4.74 Å². The standard InChI is InChI=1S/C21H22N2O4S2/c1-15-3-7-17(8-4-15)21-23-18(14-28-21)13-27-20(24)11-12-22-29(25,26)19-9-5-16(2)6-10-19/h3-10,14,22H,11-13H2,1-2H3. The number of carbonyl (C=O) groups excluding carboxylic acids is 1. The second-order valence-electron chi connectivity index (χ2n) is 6.63. The zero-order chi connectivity index (χ0) is 20.9. The Labute approximate surface area is 174 Å². The van der Waals surface area contributed by atoms with E-state index in [2.05, 4.69) is 9.71 Å². The van der Waals surface area contributed by atoms with Crippen LogP contribution in [0.25, 0.3) is 10.6 Å². The summed E-state index contributed by atoms with van der Waals surface area (Å²) >= 11 is 1.49. The van der Waals surface area contributed by atoms with Crippen molar-refractivity contribution in [1.29, 1.82) is 0 Å². The van der Waals surface area contributed by atoms with Gasteiger partial charge in [0.05, 0.1) is 17.0 Å². The van der Waals surface area contributed by atoms with Gasteiger partial charge in [0.25, 0.3) is 0 Å². The van der Waals surface area contributed by atoms with E-state index in [1.54, 1.807) is 12.1 Å². The minimum Gasteiger partial charge on any atom is -0.459 e. The molecule has 0 aliphatic heterocycles. The molecule has 8 heteroatoms. The van der Waals surface area contributed by atoms with Crippen molar-refractivity contribution in [3.05, 3.63) is 70.7 Å². The molecule has 0 unspecified atom stereocenters. The van der Waals surface area contributed by atoms with E-state index >= 15 is 0 Å². The lowest BCUT2D eigenvalue weighted by Gasteiger charge is -2.07. The molecule has 0 spiro atoms. The molecule has 1 N–H and O–H groups in total. The first-order chi connectivity index (χ1) is 13.8. The number of hydrogen-bond acceptors (Lipinski definition) is 6. The Kier molecular flexibility index (Phi) is 6.79. The molecule has 2 aromatic carbocycles. The highest BCUT2D eigenvalue weighted by Gasteiger charge is 2.14. The van der Waals surface area contributed by atoms with Gasteiger partial charge in [-0.25, -0.2) is 18.1 Å². The summed E-state index contributed by atoms with van der Waals surface area (Å²) in [6, 6.07) is 14.6. The Bertz CT molecular complexity index is 1070. The van der Waals surface area contributed by atoms with Gasteiger partial charge in [0.15, 0.2) is 0 Å². The number of benzene rings is 2. The average molecular weight is 431 g/mol. The number of ether oxygens (including phenoxy) is 1. The molecule has 0 aliphatic carbocycles. The number of rotatable bonds is 8.